The summed E-state index contributed by atoms with van der Waals surface area (Å²) in [6.07, 6.45) is 0. The highest BCUT2D eigenvalue weighted by atomic mass is 19.1. The fourth-order valence-electron chi connectivity index (χ4n) is 0.754. The lowest BCUT2D eigenvalue weighted by atomic mass is 10.1. The fraction of sp³-hybridized carbons (Fsp3) is 0.111. The summed E-state index contributed by atoms with van der Waals surface area (Å²) in [4.78, 5) is 0. The van der Waals surface area contributed by atoms with E-state index in [1.54, 1.807) is 6.07 Å². The van der Waals surface area contributed by atoms with Gasteiger partial charge in [0.25, 0.3) is 0 Å². The number of hydrogen-bond donors (Lipinski definition) is 0. The third kappa shape index (κ3) is 1.44. The molecule has 1 aromatic carbocycles. The maximum atomic E-state index is 12.5. The van der Waals surface area contributed by atoms with Gasteiger partial charge in [-0.1, -0.05) is 24.3 Å². The molecule has 0 aliphatic carbocycles. The molecule has 0 radical (unpaired) electrons. The summed E-state index contributed by atoms with van der Waals surface area (Å²) < 4.78 is 12.5. The second-order valence-electron chi connectivity index (χ2n) is 2.29. The molecule has 0 nitrogen and oxygen atoms in total. The quantitative estimate of drug-likeness (QED) is 0.556. The minimum atomic E-state index is -0.208. The van der Waals surface area contributed by atoms with Crippen LogP contribution < -0.4 is 0 Å². The molecule has 10 heavy (non-hydrogen) atoms. The van der Waals surface area contributed by atoms with E-state index in [9.17, 15) is 4.39 Å². The van der Waals surface area contributed by atoms with Crippen molar-refractivity contribution in [3.05, 3.63) is 42.2 Å². The monoisotopic (exact) mass is 136 g/mol. The zero-order chi connectivity index (χ0) is 7.56. The van der Waals surface area contributed by atoms with Gasteiger partial charge in [-0.2, -0.15) is 0 Å². The van der Waals surface area contributed by atoms with Crippen LogP contribution >= 0.6 is 0 Å². The number of allylic oxidation sites excluding steroid dienone is 1. The van der Waals surface area contributed by atoms with Crippen molar-refractivity contribution in [2.75, 3.05) is 0 Å². The lowest BCUT2D eigenvalue weighted by molar-refractivity contribution is 0.627. The van der Waals surface area contributed by atoms with Crippen LogP contribution in [0.4, 0.5) is 4.39 Å². The number of rotatable bonds is 1. The van der Waals surface area contributed by atoms with Gasteiger partial charge in [0.1, 0.15) is 5.82 Å². The molecule has 0 heterocycles. The maximum absolute atomic E-state index is 12.5. The first-order chi connectivity index (χ1) is 4.70. The Morgan fingerprint density at radius 1 is 1.50 bits per heavy atom. The Kier molecular flexibility index (Phi) is 1.86. The van der Waals surface area contributed by atoms with E-state index in [2.05, 4.69) is 6.58 Å². The molecule has 0 N–H and O–H groups in total. The van der Waals surface area contributed by atoms with Crippen LogP contribution in [-0.2, 0) is 0 Å². The summed E-state index contributed by atoms with van der Waals surface area (Å²) in [6, 6.07) is 6.42. The first-order valence-corrected chi connectivity index (χ1v) is 3.11. The Labute approximate surface area is 60.0 Å². The molecule has 1 rings (SSSR count). The predicted molar refractivity (Wildman–Crippen MR) is 41.1 cm³/mol. The molecular formula is C9H9F. The smallest absolute Gasteiger partial charge is 0.123 e. The van der Waals surface area contributed by atoms with E-state index in [1.807, 2.05) is 13.0 Å². The largest absolute Gasteiger partial charge is 0.207 e. The van der Waals surface area contributed by atoms with E-state index in [0.29, 0.717) is 0 Å². The van der Waals surface area contributed by atoms with Gasteiger partial charge in [0.2, 0.25) is 0 Å². The minimum Gasteiger partial charge on any atom is -0.207 e. The van der Waals surface area contributed by atoms with Gasteiger partial charge in [-0.15, -0.1) is 0 Å². The molecule has 1 aromatic rings. The van der Waals surface area contributed by atoms with Crippen LogP contribution in [0.5, 0.6) is 0 Å². The summed E-state index contributed by atoms with van der Waals surface area (Å²) in [5, 5.41) is 0. The van der Waals surface area contributed by atoms with E-state index in [4.69, 9.17) is 0 Å². The highest BCUT2D eigenvalue weighted by Crippen LogP contribution is 2.11. The molecule has 1 heteroatoms. The van der Waals surface area contributed by atoms with E-state index < -0.39 is 0 Å². The van der Waals surface area contributed by atoms with Gasteiger partial charge in [0.05, 0.1) is 0 Å². The van der Waals surface area contributed by atoms with E-state index >= 15 is 0 Å². The molecule has 52 valence electrons. The molecule has 0 unspecified atom stereocenters. The highest BCUT2D eigenvalue weighted by Gasteiger charge is 1.92. The maximum Gasteiger partial charge on any atom is 0.123 e. The van der Waals surface area contributed by atoms with Crippen LogP contribution in [0.15, 0.2) is 30.8 Å². The fourth-order valence-corrected chi connectivity index (χ4v) is 0.754. The van der Waals surface area contributed by atoms with Crippen LogP contribution in [0.3, 0.4) is 0 Å². The van der Waals surface area contributed by atoms with Crippen molar-refractivity contribution in [1.82, 2.24) is 0 Å². The molecule has 0 atom stereocenters. The molecule has 0 bridgehead atoms. The molecule has 0 aromatic heterocycles. The van der Waals surface area contributed by atoms with Gasteiger partial charge < -0.3 is 0 Å². The molecule has 0 amide bonds. The van der Waals surface area contributed by atoms with Crippen LogP contribution in [0.1, 0.15) is 12.5 Å². The van der Waals surface area contributed by atoms with Crippen molar-refractivity contribution < 1.29 is 4.39 Å². The third-order valence-corrected chi connectivity index (χ3v) is 1.32. The summed E-state index contributed by atoms with van der Waals surface area (Å²) in [7, 11) is 0. The molecule has 0 spiro atoms. The summed E-state index contributed by atoms with van der Waals surface area (Å²) >= 11 is 0. The molecular weight excluding hydrogens is 127 g/mol. The van der Waals surface area contributed by atoms with Crippen molar-refractivity contribution in [3.63, 3.8) is 0 Å². The summed E-state index contributed by atoms with van der Waals surface area (Å²) in [6.45, 7) is 5.56. The first-order valence-electron chi connectivity index (χ1n) is 3.11. The van der Waals surface area contributed by atoms with Crippen molar-refractivity contribution in [1.29, 1.82) is 0 Å². The number of halogens is 1. The first kappa shape index (κ1) is 7.00. The lowest BCUT2D eigenvalue weighted by Crippen LogP contribution is -1.78. The average Bonchev–Trinajstić information content (AvgIpc) is 1.88. The Bertz CT molecular complexity index is 251. The molecule has 0 saturated heterocycles. The Morgan fingerprint density at radius 3 is 2.60 bits per heavy atom. The lowest BCUT2D eigenvalue weighted by Gasteiger charge is -1.96. The van der Waals surface area contributed by atoms with E-state index in [0.717, 1.165) is 11.1 Å². The average molecular weight is 136 g/mol. The molecule has 0 fully saturated rings. The zero-order valence-corrected chi connectivity index (χ0v) is 5.89. The standard InChI is InChI=1S/C9H9F/c1-7(2)8-4-3-5-9(10)6-8/h3-6H,1H2,2H3. The zero-order valence-electron chi connectivity index (χ0n) is 5.89. The topological polar surface area (TPSA) is 0 Å². The highest BCUT2D eigenvalue weighted by molar-refractivity contribution is 5.60. The van der Waals surface area contributed by atoms with Gasteiger partial charge in [-0.3, -0.25) is 0 Å². The number of hydrogen-bond acceptors (Lipinski definition) is 0. The predicted octanol–water partition coefficient (Wildman–Crippen LogP) is 2.86. The van der Waals surface area contributed by atoms with Crippen LogP contribution in [0.25, 0.3) is 5.57 Å². The normalized spacial score (nSPS) is 9.40. The van der Waals surface area contributed by atoms with Crippen LogP contribution in [-0.4, -0.2) is 0 Å². The van der Waals surface area contributed by atoms with Gasteiger partial charge >= 0.3 is 0 Å². The molecule has 0 aliphatic heterocycles. The third-order valence-electron chi connectivity index (χ3n) is 1.32. The Balaban J connectivity index is 3.07. The van der Waals surface area contributed by atoms with Gasteiger partial charge in [-0.25, -0.2) is 4.39 Å². The van der Waals surface area contributed by atoms with E-state index in [-0.39, 0.29) is 5.82 Å². The minimum absolute atomic E-state index is 0.208. The summed E-state index contributed by atoms with van der Waals surface area (Å²) in [5.74, 6) is -0.208. The second kappa shape index (κ2) is 2.65. The van der Waals surface area contributed by atoms with E-state index in [1.165, 1.54) is 12.1 Å². The molecule has 0 saturated carbocycles. The SMILES string of the molecule is C=C(C)c1cccc(F)c1. The Morgan fingerprint density at radius 2 is 2.20 bits per heavy atom. The van der Waals surface area contributed by atoms with Crippen molar-refractivity contribution >= 4 is 5.57 Å². The summed E-state index contributed by atoms with van der Waals surface area (Å²) in [5.41, 5.74) is 1.75. The van der Waals surface area contributed by atoms with Gasteiger partial charge in [0, 0.05) is 0 Å². The van der Waals surface area contributed by atoms with Gasteiger partial charge in [0.15, 0.2) is 0 Å². The van der Waals surface area contributed by atoms with Gasteiger partial charge in [-0.05, 0) is 24.6 Å². The molecule has 0 aliphatic rings. The Hall–Kier alpha value is -1.11. The van der Waals surface area contributed by atoms with Crippen LogP contribution in [0.2, 0.25) is 0 Å². The van der Waals surface area contributed by atoms with Crippen molar-refractivity contribution in [2.24, 2.45) is 0 Å². The van der Waals surface area contributed by atoms with Crippen molar-refractivity contribution in [2.45, 2.75) is 6.92 Å². The van der Waals surface area contributed by atoms with Crippen molar-refractivity contribution in [3.8, 4) is 0 Å². The second-order valence-corrected chi connectivity index (χ2v) is 2.29. The number of benzene rings is 1. The van der Waals surface area contributed by atoms with Crippen LogP contribution in [0, 0.1) is 5.82 Å².